The first-order valence-electron chi connectivity index (χ1n) is 10.8. The Morgan fingerprint density at radius 3 is 2.48 bits per heavy atom. The van der Waals surface area contributed by atoms with E-state index in [1.807, 2.05) is 40.9 Å². The van der Waals surface area contributed by atoms with Gasteiger partial charge in [-0.1, -0.05) is 32.0 Å². The van der Waals surface area contributed by atoms with E-state index in [2.05, 4.69) is 58.6 Å². The van der Waals surface area contributed by atoms with E-state index < -0.39 is 0 Å². The smallest absolute Gasteiger partial charge is 0.319 e. The molecule has 0 aliphatic carbocycles. The number of benzene rings is 1. The molecule has 4 rings (SSSR count). The van der Waals surface area contributed by atoms with Gasteiger partial charge in [0.05, 0.1) is 19.3 Å². The molecule has 2 aromatic heterocycles. The minimum atomic E-state index is -0.266. The average molecular weight is 423 g/mol. The molecule has 8 nitrogen and oxygen atoms in total. The Morgan fingerprint density at radius 2 is 1.77 bits per heavy atom. The molecule has 2 atom stereocenters. The van der Waals surface area contributed by atoms with E-state index >= 15 is 0 Å². The number of hydrogen-bond acceptors (Lipinski definition) is 5. The first-order valence-corrected chi connectivity index (χ1v) is 10.8. The summed E-state index contributed by atoms with van der Waals surface area (Å²) in [5, 5.41) is 14.5. The van der Waals surface area contributed by atoms with Crippen LogP contribution in [0, 0.1) is 5.92 Å². The summed E-state index contributed by atoms with van der Waals surface area (Å²) in [7, 11) is 0. The number of aromatic nitrogens is 3. The van der Waals surface area contributed by atoms with Crippen LogP contribution < -0.4 is 10.6 Å². The fraction of sp³-hybridized carbons (Fsp3) is 0.435. The second-order valence-electron chi connectivity index (χ2n) is 8.25. The van der Waals surface area contributed by atoms with Crippen molar-refractivity contribution in [2.45, 2.75) is 32.9 Å². The summed E-state index contributed by atoms with van der Waals surface area (Å²) in [6, 6.07) is 13.6. The lowest BCUT2D eigenvalue weighted by atomic mass is 10.0. The van der Waals surface area contributed by atoms with Gasteiger partial charge in [-0.2, -0.15) is 0 Å². The van der Waals surface area contributed by atoms with Crippen LogP contribution in [0.2, 0.25) is 0 Å². The Bertz CT molecular complexity index is 1010. The molecule has 1 fully saturated rings. The summed E-state index contributed by atoms with van der Waals surface area (Å²) >= 11 is 0. The lowest BCUT2D eigenvalue weighted by Crippen LogP contribution is -2.38. The van der Waals surface area contributed by atoms with Crippen LogP contribution in [0.4, 0.5) is 10.5 Å². The van der Waals surface area contributed by atoms with Crippen LogP contribution in [0.15, 0.2) is 48.7 Å². The van der Waals surface area contributed by atoms with Gasteiger partial charge in [0.25, 0.3) is 0 Å². The maximum Gasteiger partial charge on any atom is 0.319 e. The quantitative estimate of drug-likeness (QED) is 0.634. The predicted octanol–water partition coefficient (Wildman–Crippen LogP) is 3.64. The van der Waals surface area contributed by atoms with Gasteiger partial charge in [-0.3, -0.25) is 9.30 Å². The molecule has 1 aliphatic heterocycles. The van der Waals surface area contributed by atoms with Gasteiger partial charge in [-0.25, -0.2) is 4.79 Å². The van der Waals surface area contributed by atoms with E-state index in [1.54, 1.807) is 0 Å². The van der Waals surface area contributed by atoms with E-state index in [0.717, 1.165) is 43.5 Å². The summed E-state index contributed by atoms with van der Waals surface area (Å²) in [5.41, 5.74) is 2.74. The molecular weight excluding hydrogens is 392 g/mol. The number of rotatable bonds is 6. The molecule has 1 saturated heterocycles. The van der Waals surface area contributed by atoms with Crippen molar-refractivity contribution < 1.29 is 9.53 Å². The number of pyridine rings is 1. The fourth-order valence-electron chi connectivity index (χ4n) is 3.93. The first-order chi connectivity index (χ1) is 15.0. The van der Waals surface area contributed by atoms with Crippen molar-refractivity contribution in [3.05, 3.63) is 60.0 Å². The number of anilines is 1. The largest absolute Gasteiger partial charge is 0.379 e. The van der Waals surface area contributed by atoms with Crippen molar-refractivity contribution >= 4 is 17.4 Å². The molecule has 2 unspecified atom stereocenters. The normalized spacial score (nSPS) is 16.9. The Hall–Kier alpha value is -2.97. The summed E-state index contributed by atoms with van der Waals surface area (Å²) in [6.45, 7) is 9.75. The molecule has 0 saturated carbocycles. The fourth-order valence-corrected chi connectivity index (χ4v) is 3.93. The van der Waals surface area contributed by atoms with Crippen molar-refractivity contribution in [2.24, 2.45) is 5.92 Å². The van der Waals surface area contributed by atoms with Gasteiger partial charge in [0.1, 0.15) is 0 Å². The number of amides is 2. The van der Waals surface area contributed by atoms with Crippen LogP contribution in [0.3, 0.4) is 0 Å². The zero-order chi connectivity index (χ0) is 21.8. The van der Waals surface area contributed by atoms with Crippen molar-refractivity contribution in [3.63, 3.8) is 0 Å². The monoisotopic (exact) mass is 422 g/mol. The molecule has 31 heavy (non-hydrogen) atoms. The number of morpholine rings is 1. The zero-order valence-electron chi connectivity index (χ0n) is 18.3. The molecule has 8 heteroatoms. The second kappa shape index (κ2) is 9.45. The van der Waals surface area contributed by atoms with Crippen LogP contribution >= 0.6 is 0 Å². The topological polar surface area (TPSA) is 83.8 Å². The number of carbonyl (C=O) groups is 1. The van der Waals surface area contributed by atoms with Crippen LogP contribution in [0.25, 0.3) is 5.65 Å². The van der Waals surface area contributed by atoms with Gasteiger partial charge >= 0.3 is 6.03 Å². The molecule has 3 heterocycles. The molecule has 1 aliphatic rings. The Balaban J connectivity index is 1.41. The van der Waals surface area contributed by atoms with Gasteiger partial charge in [0.2, 0.25) is 0 Å². The summed E-state index contributed by atoms with van der Waals surface area (Å²) in [6.07, 6.45) is 1.91. The predicted molar refractivity (Wildman–Crippen MR) is 120 cm³/mol. The third-order valence-electron chi connectivity index (χ3n) is 5.82. The van der Waals surface area contributed by atoms with Gasteiger partial charge in [0, 0.05) is 31.0 Å². The Morgan fingerprint density at radius 1 is 1.03 bits per heavy atom. The van der Waals surface area contributed by atoms with Gasteiger partial charge in [-0.05, 0) is 42.7 Å². The summed E-state index contributed by atoms with van der Waals surface area (Å²) < 4.78 is 7.35. The molecule has 2 N–H and O–H groups in total. The number of ether oxygens (including phenoxy) is 1. The van der Waals surface area contributed by atoms with E-state index in [9.17, 15) is 4.79 Å². The number of nitrogens with one attached hydrogen (secondary N) is 2. The average Bonchev–Trinajstić information content (AvgIpc) is 3.22. The van der Waals surface area contributed by atoms with Gasteiger partial charge in [0.15, 0.2) is 11.5 Å². The first kappa shape index (κ1) is 21.3. The van der Waals surface area contributed by atoms with E-state index in [-0.39, 0.29) is 18.0 Å². The molecule has 1 aromatic carbocycles. The van der Waals surface area contributed by atoms with E-state index in [0.29, 0.717) is 6.04 Å². The highest BCUT2D eigenvalue weighted by Crippen LogP contribution is 2.24. The number of nitrogens with zero attached hydrogens (tertiary/aromatic N) is 4. The highest BCUT2D eigenvalue weighted by molar-refractivity contribution is 5.89. The van der Waals surface area contributed by atoms with Crippen LogP contribution in [0.5, 0.6) is 0 Å². The van der Waals surface area contributed by atoms with Crippen molar-refractivity contribution in [3.8, 4) is 0 Å². The van der Waals surface area contributed by atoms with Crippen molar-refractivity contribution in [1.82, 2.24) is 24.8 Å². The van der Waals surface area contributed by atoms with Crippen LogP contribution in [0.1, 0.15) is 44.2 Å². The van der Waals surface area contributed by atoms with Crippen LogP contribution in [-0.4, -0.2) is 51.8 Å². The number of urea groups is 1. The molecule has 0 bridgehead atoms. The Kier molecular flexibility index (Phi) is 6.48. The Labute approximate surface area is 182 Å². The summed E-state index contributed by atoms with van der Waals surface area (Å²) in [4.78, 5) is 15.1. The van der Waals surface area contributed by atoms with E-state index in [4.69, 9.17) is 4.74 Å². The third-order valence-corrected chi connectivity index (χ3v) is 5.82. The lowest BCUT2D eigenvalue weighted by molar-refractivity contribution is 0.0198. The maximum absolute atomic E-state index is 12.7. The standard InChI is InChI=1S/C23H30N6O2/c1-16(2)21(22-27-26-20-6-4-5-11-29(20)22)25-23(30)24-19-9-7-18(8-10-19)17(3)28-12-14-31-15-13-28/h4-11,16-17,21H,12-15H2,1-3H3,(H2,24,25,30). The molecule has 164 valence electrons. The van der Waals surface area contributed by atoms with E-state index in [1.165, 1.54) is 5.56 Å². The third kappa shape index (κ3) is 4.86. The SMILES string of the molecule is CC(C)C(NC(=O)Nc1ccc(C(C)N2CCOCC2)cc1)c1nnc2ccccn12. The summed E-state index contributed by atoms with van der Waals surface area (Å²) in [5.74, 6) is 0.866. The van der Waals surface area contributed by atoms with Crippen molar-refractivity contribution in [2.75, 3.05) is 31.6 Å². The number of hydrogen-bond donors (Lipinski definition) is 2. The number of carbonyl (C=O) groups excluding carboxylic acids is 1. The zero-order valence-corrected chi connectivity index (χ0v) is 18.3. The van der Waals surface area contributed by atoms with Gasteiger partial charge < -0.3 is 15.4 Å². The molecular formula is C23H30N6O2. The highest BCUT2D eigenvalue weighted by Gasteiger charge is 2.24. The number of fused-ring (bicyclic) bond motifs is 1. The lowest BCUT2D eigenvalue weighted by Gasteiger charge is -2.32. The van der Waals surface area contributed by atoms with Crippen molar-refractivity contribution in [1.29, 1.82) is 0 Å². The van der Waals surface area contributed by atoms with Gasteiger partial charge in [-0.15, -0.1) is 10.2 Å². The molecule has 3 aromatic rings. The minimum Gasteiger partial charge on any atom is -0.379 e. The molecule has 0 spiro atoms. The maximum atomic E-state index is 12.7. The minimum absolute atomic E-state index is 0.148. The molecule has 2 amide bonds. The highest BCUT2D eigenvalue weighted by atomic mass is 16.5. The molecule has 0 radical (unpaired) electrons. The van der Waals surface area contributed by atoms with Crippen LogP contribution in [-0.2, 0) is 4.74 Å². The second-order valence-corrected chi connectivity index (χ2v) is 8.25.